The highest BCUT2D eigenvalue weighted by molar-refractivity contribution is 5.99. The smallest absolute Gasteiger partial charge is 0.160 e. The predicted molar refractivity (Wildman–Crippen MR) is 519 cm³/mol. The van der Waals surface area contributed by atoms with Crippen LogP contribution in [0.5, 0.6) is 0 Å². The summed E-state index contributed by atoms with van der Waals surface area (Å²) in [6.45, 7) is 0. The van der Waals surface area contributed by atoms with Gasteiger partial charge in [-0.1, -0.05) is 334 Å². The molecule has 6 heterocycles. The Bertz CT molecular complexity index is 8040. The highest BCUT2D eigenvalue weighted by atomic mass is 14.9. The summed E-state index contributed by atoms with van der Waals surface area (Å²) in [5.74, 6) is 2.17. The van der Waals surface area contributed by atoms with Gasteiger partial charge in [-0.3, -0.25) is 15.0 Å². The van der Waals surface area contributed by atoms with Crippen LogP contribution in [-0.4, -0.2) is 44.9 Å². The first-order chi connectivity index (χ1) is 62.9. The number of fused-ring (bicyclic) bond motifs is 13. The van der Waals surface area contributed by atoms with Crippen molar-refractivity contribution in [1.29, 1.82) is 0 Å². The third-order valence-electron chi connectivity index (χ3n) is 24.9. The van der Waals surface area contributed by atoms with E-state index in [-0.39, 0.29) is 0 Å². The highest BCUT2D eigenvalue weighted by Crippen LogP contribution is 2.47. The van der Waals surface area contributed by atoms with Crippen LogP contribution < -0.4 is 0 Å². The molecule has 9 nitrogen and oxygen atoms in total. The average molecular weight is 1620 g/mol. The Morgan fingerprint density at radius 2 is 0.441 bits per heavy atom. The molecule has 6 aromatic heterocycles. The first kappa shape index (κ1) is 75.2. The molecule has 127 heavy (non-hydrogen) atoms. The Balaban J connectivity index is 0.000000110. The van der Waals surface area contributed by atoms with Gasteiger partial charge in [-0.25, -0.2) is 29.9 Å². The van der Waals surface area contributed by atoms with Crippen LogP contribution in [0.3, 0.4) is 0 Å². The highest BCUT2D eigenvalue weighted by Gasteiger charge is 2.28. The summed E-state index contributed by atoms with van der Waals surface area (Å²) in [7, 11) is 0. The number of para-hydroxylation sites is 3. The fraction of sp³-hybridized carbons (Fsp3) is 0.0254. The van der Waals surface area contributed by atoms with Gasteiger partial charge in [-0.2, -0.15) is 0 Å². The Kier molecular flexibility index (Phi) is 19.3. The summed E-state index contributed by atoms with van der Waals surface area (Å²) in [6, 6.07) is 145. The molecule has 0 saturated heterocycles. The van der Waals surface area contributed by atoms with Gasteiger partial charge in [-0.15, -0.1) is 0 Å². The Morgan fingerprint density at radius 1 is 0.157 bits per heavy atom. The van der Waals surface area contributed by atoms with Crippen molar-refractivity contribution in [2.75, 3.05) is 0 Å². The van der Waals surface area contributed by atoms with Gasteiger partial charge >= 0.3 is 0 Å². The van der Waals surface area contributed by atoms with E-state index >= 15 is 0 Å². The third kappa shape index (κ3) is 14.4. The average Bonchev–Trinajstić information content (AvgIpc) is 1.72. The van der Waals surface area contributed by atoms with Crippen LogP contribution in [0.2, 0.25) is 0 Å². The van der Waals surface area contributed by atoms with E-state index in [1.54, 1.807) is 0 Å². The van der Waals surface area contributed by atoms with E-state index in [0.29, 0.717) is 5.82 Å². The quantitative estimate of drug-likeness (QED) is 0.118. The van der Waals surface area contributed by atoms with Crippen molar-refractivity contribution in [3.8, 4) is 168 Å². The molecule has 22 aromatic rings. The van der Waals surface area contributed by atoms with Gasteiger partial charge in [-0.05, 0) is 190 Å². The van der Waals surface area contributed by atoms with Crippen molar-refractivity contribution in [2.24, 2.45) is 0 Å². The maximum absolute atomic E-state index is 5.18. The predicted octanol–water partition coefficient (Wildman–Crippen LogP) is 28.9. The van der Waals surface area contributed by atoms with E-state index in [1.165, 1.54) is 83.3 Å². The van der Waals surface area contributed by atoms with Gasteiger partial charge in [0.25, 0.3) is 0 Å². The molecule has 594 valence electrons. The van der Waals surface area contributed by atoms with Crippen molar-refractivity contribution in [2.45, 2.75) is 19.3 Å². The monoisotopic (exact) mass is 1620 g/mol. The van der Waals surface area contributed by atoms with Crippen molar-refractivity contribution in [1.82, 2.24) is 44.9 Å². The summed E-state index contributed by atoms with van der Waals surface area (Å²) >= 11 is 0. The molecule has 0 N–H and O–H groups in total. The van der Waals surface area contributed by atoms with Gasteiger partial charge in [0.05, 0.1) is 50.7 Å². The van der Waals surface area contributed by atoms with Gasteiger partial charge < -0.3 is 0 Å². The largest absolute Gasteiger partial charge is 0.256 e. The molecule has 0 radical (unpaired) electrons. The zero-order chi connectivity index (χ0) is 84.1. The molecule has 0 bridgehead atoms. The molecule has 9 heteroatoms. The third-order valence-corrected chi connectivity index (χ3v) is 24.9. The standard InChI is InChI=1S/C44H29N3.C38H25N3.C36H23N3/c1-2-10-31(11-3-1)43-39-18-6-7-19-41(39)46-44(47-43)36-16-9-14-33(27-36)30-22-20-29(21-23-30)32-13-8-15-35(26-32)42-40-28-34-12-4-5-17-37(34)38(40)24-25-45-42;1-3-11-25(12-4-1)28-21-29(36-34-24-27-15-7-8-16-31(27)32(34)19-20-39-36)23-30(22-28)38-40-35-18-10-9-17-33(35)37(41-38)26-13-5-2-6-14-26;1-2-8-23(9-3-1)35-31-12-6-7-13-33(31)38-36(39-35)28-17-15-24-20-27(16-14-25(24)21-28)34-32-22-26-10-4-5-11-29(26)30(32)18-19-37-34/h1-27H,28H2;1-23H,24H2;1-21H,22H2. The molecular weight excluding hydrogens is 1540 g/mol. The number of hydrogen-bond donors (Lipinski definition) is 0. The lowest BCUT2D eigenvalue weighted by molar-refractivity contribution is 1.20. The van der Waals surface area contributed by atoms with Crippen LogP contribution in [-0.2, 0) is 19.3 Å². The van der Waals surface area contributed by atoms with Gasteiger partial charge in [0.2, 0.25) is 0 Å². The molecule has 0 unspecified atom stereocenters. The number of nitrogens with zero attached hydrogens (tertiary/aromatic N) is 9. The second-order valence-electron chi connectivity index (χ2n) is 32.6. The van der Waals surface area contributed by atoms with E-state index < -0.39 is 0 Å². The zero-order valence-electron chi connectivity index (χ0n) is 69.1. The van der Waals surface area contributed by atoms with Crippen LogP contribution >= 0.6 is 0 Å². The summed E-state index contributed by atoms with van der Waals surface area (Å²) in [6.07, 6.45) is 8.54. The SMILES string of the molecule is c1ccc(-c2cc(-c3nc(-c4ccccc4)c4ccccc4n3)cc(-c3nccc4c3Cc3ccccc3-4)c2)cc1.c1ccc(-c2nc(-c3ccc4cc(-c5nccc6c5Cc5ccccc5-6)ccc4c3)nc3ccccc23)cc1.c1ccc(-c2nc(-c3cccc(-c4ccc(-c5cccc(-c6nccc7c6Cc6ccccc6-7)c5)cc4)c3)nc3ccccc23)cc1. The molecule has 0 aliphatic heterocycles. The van der Waals surface area contributed by atoms with Crippen molar-refractivity contribution in [3.05, 3.63) is 464 Å². The summed E-state index contributed by atoms with van der Waals surface area (Å²) in [5.41, 5.74) is 41.1. The Labute approximate surface area is 735 Å². The van der Waals surface area contributed by atoms with Crippen molar-refractivity contribution < 1.29 is 0 Å². The normalized spacial score (nSPS) is 11.8. The van der Waals surface area contributed by atoms with Gasteiger partial charge in [0, 0.05) is 104 Å². The summed E-state index contributed by atoms with van der Waals surface area (Å²) in [5, 5.41) is 5.49. The Hall–Kier alpha value is -16.8. The minimum atomic E-state index is 0.706. The number of rotatable bonds is 12. The molecule has 3 aliphatic carbocycles. The second kappa shape index (κ2) is 32.6. The molecule has 0 saturated carbocycles. The van der Waals surface area contributed by atoms with Crippen LogP contribution in [0.4, 0.5) is 0 Å². The number of aromatic nitrogens is 9. The maximum atomic E-state index is 5.18. The molecular formula is C118H77N9. The molecule has 0 atom stereocenters. The number of benzene rings is 16. The van der Waals surface area contributed by atoms with Crippen LogP contribution in [0, 0.1) is 0 Å². The van der Waals surface area contributed by atoms with Crippen molar-refractivity contribution >= 4 is 43.5 Å². The first-order valence-corrected chi connectivity index (χ1v) is 43.1. The summed E-state index contributed by atoms with van der Waals surface area (Å²) < 4.78 is 0. The van der Waals surface area contributed by atoms with Gasteiger partial charge in [0.1, 0.15) is 0 Å². The topological polar surface area (TPSA) is 116 Å². The fourth-order valence-corrected chi connectivity index (χ4v) is 18.7. The van der Waals surface area contributed by atoms with Crippen LogP contribution in [0.15, 0.2) is 431 Å². The van der Waals surface area contributed by atoms with E-state index in [4.69, 9.17) is 44.9 Å². The van der Waals surface area contributed by atoms with Crippen LogP contribution in [0.25, 0.3) is 212 Å². The lowest BCUT2D eigenvalue weighted by Crippen LogP contribution is -1.97. The molecule has 0 spiro atoms. The van der Waals surface area contributed by atoms with Gasteiger partial charge in [0.15, 0.2) is 17.5 Å². The maximum Gasteiger partial charge on any atom is 0.160 e. The Morgan fingerprint density at radius 3 is 0.882 bits per heavy atom. The first-order valence-electron chi connectivity index (χ1n) is 43.1. The molecule has 0 amide bonds. The molecule has 3 aliphatic rings. The lowest BCUT2D eigenvalue weighted by atomic mass is 9.94. The number of hydrogen-bond acceptors (Lipinski definition) is 9. The minimum absolute atomic E-state index is 0.706. The fourth-order valence-electron chi connectivity index (χ4n) is 18.7. The molecule has 25 rings (SSSR count). The van der Waals surface area contributed by atoms with E-state index in [9.17, 15) is 0 Å². The van der Waals surface area contributed by atoms with Crippen molar-refractivity contribution in [3.63, 3.8) is 0 Å². The van der Waals surface area contributed by atoms with E-state index in [2.05, 4.69) is 358 Å². The molecule has 16 aromatic carbocycles. The summed E-state index contributed by atoms with van der Waals surface area (Å²) in [4.78, 5) is 44.9. The molecule has 0 fully saturated rings. The zero-order valence-corrected chi connectivity index (χ0v) is 69.1. The van der Waals surface area contributed by atoms with E-state index in [1.807, 2.05) is 73.2 Å². The lowest BCUT2D eigenvalue weighted by Gasteiger charge is -2.14. The van der Waals surface area contributed by atoms with Crippen LogP contribution in [0.1, 0.15) is 33.4 Å². The number of pyridine rings is 3. The second-order valence-corrected chi connectivity index (χ2v) is 32.6. The van der Waals surface area contributed by atoms with E-state index in [0.717, 1.165) is 175 Å². The minimum Gasteiger partial charge on any atom is -0.256 e.